The molecule has 0 bridgehead atoms. The second kappa shape index (κ2) is 5.86. The number of hydrogen-bond donors (Lipinski definition) is 1. The van der Waals surface area contributed by atoms with E-state index in [2.05, 4.69) is 48.7 Å². The molecule has 1 nitrogen and oxygen atoms in total. The van der Waals surface area contributed by atoms with Crippen molar-refractivity contribution in [1.29, 1.82) is 0 Å². The average molecular weight is 215 g/mol. The third-order valence-corrected chi connectivity index (χ3v) is 3.20. The number of benzene rings is 1. The van der Waals surface area contributed by atoms with Crippen LogP contribution in [0.1, 0.15) is 36.8 Å². The molecular formula is C15H21N. The van der Waals surface area contributed by atoms with Crippen LogP contribution in [0.25, 0.3) is 6.08 Å². The summed E-state index contributed by atoms with van der Waals surface area (Å²) in [6.45, 7) is 3.29. The maximum absolute atomic E-state index is 3.58. The molecule has 1 heteroatoms. The molecule has 0 saturated carbocycles. The molecule has 86 valence electrons. The van der Waals surface area contributed by atoms with Crippen LogP contribution in [-0.2, 0) is 0 Å². The molecule has 0 spiro atoms. The lowest BCUT2D eigenvalue weighted by Crippen LogP contribution is -2.25. The third kappa shape index (κ3) is 3.49. The van der Waals surface area contributed by atoms with Crippen molar-refractivity contribution in [3.8, 4) is 0 Å². The summed E-state index contributed by atoms with van der Waals surface area (Å²) in [6.07, 6.45) is 9.90. The summed E-state index contributed by atoms with van der Waals surface area (Å²) >= 11 is 0. The van der Waals surface area contributed by atoms with Crippen molar-refractivity contribution in [3.05, 3.63) is 41.5 Å². The first kappa shape index (κ1) is 11.4. The number of aryl methyl sites for hydroxylation is 1. The van der Waals surface area contributed by atoms with Gasteiger partial charge >= 0.3 is 0 Å². The van der Waals surface area contributed by atoms with Crippen molar-refractivity contribution in [2.24, 2.45) is 0 Å². The van der Waals surface area contributed by atoms with Gasteiger partial charge in [0.05, 0.1) is 0 Å². The Morgan fingerprint density at radius 1 is 1.12 bits per heavy atom. The Kier molecular flexibility index (Phi) is 4.17. The molecule has 1 aromatic carbocycles. The van der Waals surface area contributed by atoms with Crippen molar-refractivity contribution in [2.45, 2.75) is 38.6 Å². The predicted molar refractivity (Wildman–Crippen MR) is 70.5 cm³/mol. The number of rotatable bonds is 2. The molecule has 1 saturated heterocycles. The molecule has 1 aliphatic heterocycles. The monoisotopic (exact) mass is 215 g/mol. The van der Waals surface area contributed by atoms with Gasteiger partial charge in [-0.15, -0.1) is 0 Å². The van der Waals surface area contributed by atoms with Crippen LogP contribution < -0.4 is 5.32 Å². The predicted octanol–water partition coefficient (Wildman–Crippen LogP) is 3.54. The molecule has 0 aromatic heterocycles. The van der Waals surface area contributed by atoms with Crippen molar-refractivity contribution in [1.82, 2.24) is 5.32 Å². The van der Waals surface area contributed by atoms with Crippen molar-refractivity contribution < 1.29 is 0 Å². The Morgan fingerprint density at radius 2 is 1.94 bits per heavy atom. The summed E-state index contributed by atoms with van der Waals surface area (Å²) < 4.78 is 0. The van der Waals surface area contributed by atoms with Gasteiger partial charge < -0.3 is 5.32 Å². The first-order valence-corrected chi connectivity index (χ1v) is 6.33. The van der Waals surface area contributed by atoms with Crippen molar-refractivity contribution >= 4 is 6.08 Å². The fourth-order valence-electron chi connectivity index (χ4n) is 2.12. The first-order chi connectivity index (χ1) is 7.84. The van der Waals surface area contributed by atoms with Gasteiger partial charge in [-0.05, 0) is 31.9 Å². The van der Waals surface area contributed by atoms with Gasteiger partial charge in [-0.1, -0.05) is 54.8 Å². The van der Waals surface area contributed by atoms with Gasteiger partial charge in [0, 0.05) is 6.04 Å². The summed E-state index contributed by atoms with van der Waals surface area (Å²) in [7, 11) is 0. The molecule has 1 heterocycles. The lowest BCUT2D eigenvalue weighted by atomic mass is 10.1. The zero-order valence-electron chi connectivity index (χ0n) is 10.1. The van der Waals surface area contributed by atoms with E-state index in [-0.39, 0.29) is 0 Å². The zero-order valence-corrected chi connectivity index (χ0v) is 10.1. The fourth-order valence-corrected chi connectivity index (χ4v) is 2.12. The largest absolute Gasteiger partial charge is 0.311 e. The van der Waals surface area contributed by atoms with Gasteiger partial charge in [-0.2, -0.15) is 0 Å². The van der Waals surface area contributed by atoms with E-state index in [0.29, 0.717) is 6.04 Å². The standard InChI is InChI=1S/C15H21N/c1-13-6-8-14(9-7-13)10-11-15-5-3-2-4-12-16-15/h6-11,15-16H,2-5,12H2,1H3/b11-10+. The Balaban J connectivity index is 1.94. The number of hydrogen-bond acceptors (Lipinski definition) is 1. The van der Waals surface area contributed by atoms with Gasteiger partial charge in [0.2, 0.25) is 0 Å². The average Bonchev–Trinajstić information content (AvgIpc) is 2.57. The number of nitrogens with one attached hydrogen (secondary N) is 1. The lowest BCUT2D eigenvalue weighted by Gasteiger charge is -2.10. The van der Waals surface area contributed by atoms with E-state index >= 15 is 0 Å². The Labute approximate surface area is 98.6 Å². The molecule has 1 N–H and O–H groups in total. The molecule has 1 unspecified atom stereocenters. The van der Waals surface area contributed by atoms with Gasteiger partial charge in [0.1, 0.15) is 0 Å². The summed E-state index contributed by atoms with van der Waals surface area (Å²) in [5, 5.41) is 3.58. The molecule has 0 amide bonds. The highest BCUT2D eigenvalue weighted by atomic mass is 14.9. The minimum absolute atomic E-state index is 0.573. The second-order valence-corrected chi connectivity index (χ2v) is 4.68. The second-order valence-electron chi connectivity index (χ2n) is 4.68. The van der Waals surface area contributed by atoms with Crippen LogP contribution in [0.5, 0.6) is 0 Å². The van der Waals surface area contributed by atoms with Crippen LogP contribution in [0.15, 0.2) is 30.3 Å². The van der Waals surface area contributed by atoms with E-state index in [4.69, 9.17) is 0 Å². The van der Waals surface area contributed by atoms with Gasteiger partial charge in [0.15, 0.2) is 0 Å². The quantitative estimate of drug-likeness (QED) is 0.795. The summed E-state index contributed by atoms with van der Waals surface area (Å²) in [5.74, 6) is 0. The van der Waals surface area contributed by atoms with Gasteiger partial charge in [-0.3, -0.25) is 0 Å². The molecular weight excluding hydrogens is 194 g/mol. The maximum Gasteiger partial charge on any atom is 0.0253 e. The van der Waals surface area contributed by atoms with Gasteiger partial charge in [0.25, 0.3) is 0 Å². The molecule has 0 aliphatic carbocycles. The normalized spacial score (nSPS) is 22.2. The highest BCUT2D eigenvalue weighted by Gasteiger charge is 2.06. The summed E-state index contributed by atoms with van der Waals surface area (Å²) in [4.78, 5) is 0. The van der Waals surface area contributed by atoms with E-state index in [9.17, 15) is 0 Å². The van der Waals surface area contributed by atoms with Crippen LogP contribution >= 0.6 is 0 Å². The van der Waals surface area contributed by atoms with E-state index in [1.807, 2.05) is 0 Å². The fraction of sp³-hybridized carbons (Fsp3) is 0.467. The van der Waals surface area contributed by atoms with Gasteiger partial charge in [-0.25, -0.2) is 0 Å². The molecule has 1 aromatic rings. The Morgan fingerprint density at radius 3 is 2.75 bits per heavy atom. The van der Waals surface area contributed by atoms with Crippen LogP contribution in [0, 0.1) is 6.92 Å². The van der Waals surface area contributed by atoms with Crippen molar-refractivity contribution in [3.63, 3.8) is 0 Å². The third-order valence-electron chi connectivity index (χ3n) is 3.20. The van der Waals surface area contributed by atoms with E-state index in [1.165, 1.54) is 43.4 Å². The smallest absolute Gasteiger partial charge is 0.0253 e. The van der Waals surface area contributed by atoms with Crippen LogP contribution in [0.3, 0.4) is 0 Å². The van der Waals surface area contributed by atoms with E-state index < -0.39 is 0 Å². The van der Waals surface area contributed by atoms with E-state index in [0.717, 1.165) is 0 Å². The topological polar surface area (TPSA) is 12.0 Å². The lowest BCUT2D eigenvalue weighted by molar-refractivity contribution is 0.599. The van der Waals surface area contributed by atoms with E-state index in [1.54, 1.807) is 0 Å². The first-order valence-electron chi connectivity index (χ1n) is 6.33. The maximum atomic E-state index is 3.58. The molecule has 1 aliphatic rings. The molecule has 1 atom stereocenters. The minimum atomic E-state index is 0.573. The minimum Gasteiger partial charge on any atom is -0.311 e. The highest BCUT2D eigenvalue weighted by Crippen LogP contribution is 2.11. The van der Waals surface area contributed by atoms with Crippen LogP contribution in [0.4, 0.5) is 0 Å². The van der Waals surface area contributed by atoms with Crippen LogP contribution in [-0.4, -0.2) is 12.6 Å². The zero-order chi connectivity index (χ0) is 11.2. The molecule has 1 fully saturated rings. The summed E-state index contributed by atoms with van der Waals surface area (Å²) in [5.41, 5.74) is 2.63. The Hall–Kier alpha value is -1.08. The summed E-state index contributed by atoms with van der Waals surface area (Å²) in [6, 6.07) is 9.27. The molecule has 16 heavy (non-hydrogen) atoms. The Bertz CT molecular complexity index is 329. The molecule has 0 radical (unpaired) electrons. The van der Waals surface area contributed by atoms with Crippen molar-refractivity contribution in [2.75, 3.05) is 6.54 Å². The molecule has 2 rings (SSSR count). The highest BCUT2D eigenvalue weighted by molar-refractivity contribution is 5.50. The SMILES string of the molecule is Cc1ccc(/C=C/C2CCCCCN2)cc1. The van der Waals surface area contributed by atoms with Crippen LogP contribution in [0.2, 0.25) is 0 Å².